The lowest BCUT2D eigenvalue weighted by Crippen LogP contribution is -2.26. The standard InChI is InChI=1S/C15H12BrCl2NO/c16-14(10-4-2-1-3-5-10)9-19-15(20)11-6-12(17)8-13(18)7-11/h1-8,14H,9H2,(H,19,20). The van der Waals surface area contributed by atoms with E-state index < -0.39 is 0 Å². The summed E-state index contributed by atoms with van der Waals surface area (Å²) in [7, 11) is 0. The normalized spacial score (nSPS) is 11.9. The van der Waals surface area contributed by atoms with Gasteiger partial charge in [0.25, 0.3) is 5.91 Å². The lowest BCUT2D eigenvalue weighted by Gasteiger charge is -2.12. The van der Waals surface area contributed by atoms with Gasteiger partial charge in [0.05, 0.1) is 4.83 Å². The number of alkyl halides is 1. The van der Waals surface area contributed by atoms with Crippen LogP contribution in [0.2, 0.25) is 10.0 Å². The van der Waals surface area contributed by atoms with Crippen molar-refractivity contribution in [3.63, 3.8) is 0 Å². The van der Waals surface area contributed by atoms with Crippen molar-refractivity contribution >= 4 is 45.0 Å². The largest absolute Gasteiger partial charge is 0.351 e. The van der Waals surface area contributed by atoms with Gasteiger partial charge in [-0.25, -0.2) is 0 Å². The average molecular weight is 373 g/mol. The van der Waals surface area contributed by atoms with Crippen LogP contribution in [0.15, 0.2) is 48.5 Å². The minimum atomic E-state index is -0.199. The maximum atomic E-state index is 12.0. The molecule has 0 saturated heterocycles. The molecule has 2 rings (SSSR count). The predicted octanol–water partition coefficient (Wildman–Crippen LogP) is 4.86. The fourth-order valence-electron chi connectivity index (χ4n) is 1.75. The number of benzene rings is 2. The van der Waals surface area contributed by atoms with Crippen LogP contribution in [0.25, 0.3) is 0 Å². The molecule has 0 radical (unpaired) electrons. The topological polar surface area (TPSA) is 29.1 Å². The van der Waals surface area contributed by atoms with E-state index in [1.165, 1.54) is 0 Å². The summed E-state index contributed by atoms with van der Waals surface area (Å²) in [5.41, 5.74) is 1.56. The van der Waals surface area contributed by atoms with Crippen molar-refractivity contribution in [2.24, 2.45) is 0 Å². The van der Waals surface area contributed by atoms with E-state index in [9.17, 15) is 4.79 Å². The number of nitrogens with one attached hydrogen (secondary N) is 1. The number of hydrogen-bond acceptors (Lipinski definition) is 1. The molecule has 1 N–H and O–H groups in total. The molecule has 0 spiro atoms. The third-order valence-corrected chi connectivity index (χ3v) is 4.02. The van der Waals surface area contributed by atoms with Crippen LogP contribution in [0.4, 0.5) is 0 Å². The lowest BCUT2D eigenvalue weighted by molar-refractivity contribution is 0.0954. The molecule has 20 heavy (non-hydrogen) atoms. The first-order valence-corrected chi connectivity index (χ1v) is 7.67. The van der Waals surface area contributed by atoms with Gasteiger partial charge >= 0.3 is 0 Å². The van der Waals surface area contributed by atoms with Crippen molar-refractivity contribution in [2.75, 3.05) is 6.54 Å². The third kappa shape index (κ3) is 4.23. The molecule has 1 amide bonds. The summed E-state index contributed by atoms with van der Waals surface area (Å²) in [6.45, 7) is 0.479. The van der Waals surface area contributed by atoms with E-state index in [2.05, 4.69) is 21.2 Å². The van der Waals surface area contributed by atoms with Gasteiger partial charge in [0.2, 0.25) is 0 Å². The van der Waals surface area contributed by atoms with E-state index in [4.69, 9.17) is 23.2 Å². The van der Waals surface area contributed by atoms with Gasteiger partial charge in [0, 0.05) is 22.2 Å². The smallest absolute Gasteiger partial charge is 0.251 e. The fraction of sp³-hybridized carbons (Fsp3) is 0.133. The van der Waals surface area contributed by atoms with Crippen molar-refractivity contribution in [1.82, 2.24) is 5.32 Å². The van der Waals surface area contributed by atoms with Crippen LogP contribution in [-0.4, -0.2) is 12.5 Å². The molecule has 0 aliphatic carbocycles. The minimum absolute atomic E-state index is 0.0577. The van der Waals surface area contributed by atoms with Crippen molar-refractivity contribution in [2.45, 2.75) is 4.83 Å². The second-order valence-electron chi connectivity index (χ2n) is 4.25. The molecule has 1 atom stereocenters. The molecular formula is C15H12BrCl2NO. The summed E-state index contributed by atoms with van der Waals surface area (Å²) in [5.74, 6) is -0.199. The van der Waals surface area contributed by atoms with Gasteiger partial charge in [-0.15, -0.1) is 0 Å². The first-order chi connectivity index (χ1) is 9.56. The maximum Gasteiger partial charge on any atom is 0.251 e. The molecule has 104 valence electrons. The number of amides is 1. The Hall–Kier alpha value is -1.03. The fourth-order valence-corrected chi connectivity index (χ4v) is 2.74. The monoisotopic (exact) mass is 371 g/mol. The molecule has 0 aromatic heterocycles. The summed E-state index contributed by atoms with van der Waals surface area (Å²) in [6.07, 6.45) is 0. The maximum absolute atomic E-state index is 12.0. The zero-order valence-electron chi connectivity index (χ0n) is 10.4. The molecular weight excluding hydrogens is 361 g/mol. The van der Waals surface area contributed by atoms with E-state index in [1.54, 1.807) is 18.2 Å². The molecule has 0 aliphatic heterocycles. The van der Waals surface area contributed by atoms with Crippen molar-refractivity contribution < 1.29 is 4.79 Å². The highest BCUT2D eigenvalue weighted by molar-refractivity contribution is 9.09. The van der Waals surface area contributed by atoms with Gasteiger partial charge in [-0.2, -0.15) is 0 Å². The average Bonchev–Trinajstić information content (AvgIpc) is 2.44. The first kappa shape index (κ1) is 15.4. The molecule has 2 aromatic rings. The minimum Gasteiger partial charge on any atom is -0.351 e. The van der Waals surface area contributed by atoms with E-state index in [1.807, 2.05) is 30.3 Å². The van der Waals surface area contributed by atoms with Gasteiger partial charge in [-0.3, -0.25) is 4.79 Å². The number of halogens is 3. The Bertz CT molecular complexity index is 584. The molecule has 2 nitrogen and oxygen atoms in total. The Morgan fingerprint density at radius 1 is 1.10 bits per heavy atom. The Labute approximate surface area is 136 Å². The Kier molecular flexibility index (Phi) is 5.46. The number of hydrogen-bond donors (Lipinski definition) is 1. The summed E-state index contributed by atoms with van der Waals surface area (Å²) in [6, 6.07) is 14.7. The predicted molar refractivity (Wildman–Crippen MR) is 86.9 cm³/mol. The van der Waals surface area contributed by atoms with Crippen LogP contribution in [0.5, 0.6) is 0 Å². The third-order valence-electron chi connectivity index (χ3n) is 2.73. The number of rotatable bonds is 4. The van der Waals surface area contributed by atoms with Crippen molar-refractivity contribution in [1.29, 1.82) is 0 Å². The quantitative estimate of drug-likeness (QED) is 0.763. The number of carbonyl (C=O) groups excluding carboxylic acids is 1. The van der Waals surface area contributed by atoms with Gasteiger partial charge in [-0.1, -0.05) is 69.5 Å². The van der Waals surface area contributed by atoms with Gasteiger partial charge in [-0.05, 0) is 23.8 Å². The van der Waals surface area contributed by atoms with Crippen LogP contribution in [0, 0.1) is 0 Å². The summed E-state index contributed by atoms with van der Waals surface area (Å²) >= 11 is 15.3. The van der Waals surface area contributed by atoms with Crippen molar-refractivity contribution in [3.05, 3.63) is 69.7 Å². The van der Waals surface area contributed by atoms with Crippen LogP contribution in [-0.2, 0) is 0 Å². The van der Waals surface area contributed by atoms with E-state index >= 15 is 0 Å². The summed E-state index contributed by atoms with van der Waals surface area (Å²) < 4.78 is 0. The molecule has 5 heteroatoms. The molecule has 1 unspecified atom stereocenters. The highest BCUT2D eigenvalue weighted by atomic mass is 79.9. The van der Waals surface area contributed by atoms with Crippen LogP contribution < -0.4 is 5.32 Å². The molecule has 0 heterocycles. The SMILES string of the molecule is O=C(NCC(Br)c1ccccc1)c1cc(Cl)cc(Cl)c1. The Morgan fingerprint density at radius 2 is 1.70 bits per heavy atom. The zero-order chi connectivity index (χ0) is 14.5. The zero-order valence-corrected chi connectivity index (χ0v) is 13.5. The Balaban J connectivity index is 1.98. The van der Waals surface area contributed by atoms with E-state index in [0.717, 1.165) is 5.56 Å². The van der Waals surface area contributed by atoms with Crippen LogP contribution in [0.3, 0.4) is 0 Å². The second kappa shape index (κ2) is 7.11. The van der Waals surface area contributed by atoms with Gasteiger partial charge in [0.1, 0.15) is 0 Å². The Morgan fingerprint density at radius 3 is 2.30 bits per heavy atom. The molecule has 2 aromatic carbocycles. The molecule has 0 fully saturated rings. The molecule has 0 bridgehead atoms. The van der Waals surface area contributed by atoms with Gasteiger partial charge < -0.3 is 5.32 Å². The van der Waals surface area contributed by atoms with Crippen molar-refractivity contribution in [3.8, 4) is 0 Å². The highest BCUT2D eigenvalue weighted by Gasteiger charge is 2.11. The summed E-state index contributed by atoms with van der Waals surface area (Å²) in [4.78, 5) is 12.1. The second-order valence-corrected chi connectivity index (χ2v) is 6.22. The highest BCUT2D eigenvalue weighted by Crippen LogP contribution is 2.22. The first-order valence-electron chi connectivity index (χ1n) is 5.99. The number of carbonyl (C=O) groups is 1. The summed E-state index contributed by atoms with van der Waals surface area (Å²) in [5, 5.41) is 3.74. The van der Waals surface area contributed by atoms with Crippen LogP contribution in [0.1, 0.15) is 20.7 Å². The molecule has 0 aliphatic rings. The van der Waals surface area contributed by atoms with E-state index in [-0.39, 0.29) is 10.7 Å². The molecule has 0 saturated carbocycles. The lowest BCUT2D eigenvalue weighted by atomic mass is 10.1. The van der Waals surface area contributed by atoms with Crippen LogP contribution >= 0.6 is 39.1 Å². The van der Waals surface area contributed by atoms with Gasteiger partial charge in [0.15, 0.2) is 0 Å². The van der Waals surface area contributed by atoms with E-state index in [0.29, 0.717) is 22.2 Å².